The Morgan fingerprint density at radius 1 is 1.48 bits per heavy atom. The average Bonchev–Trinajstić information content (AvgIpc) is 2.46. The van der Waals surface area contributed by atoms with Gasteiger partial charge in [0.15, 0.2) is 0 Å². The van der Waals surface area contributed by atoms with Gasteiger partial charge in [-0.15, -0.1) is 0 Å². The maximum absolute atomic E-state index is 10.7. The molecule has 1 aliphatic rings. The zero-order chi connectivity index (χ0) is 15.2. The number of aryl methyl sites for hydroxylation is 1. The largest absolute Gasteiger partial charge is 0.393 e. The van der Waals surface area contributed by atoms with Crippen molar-refractivity contribution in [3.8, 4) is 0 Å². The Morgan fingerprint density at radius 2 is 2.24 bits per heavy atom. The van der Waals surface area contributed by atoms with E-state index in [4.69, 9.17) is 0 Å². The Morgan fingerprint density at radius 3 is 2.90 bits per heavy atom. The fourth-order valence-corrected chi connectivity index (χ4v) is 2.94. The van der Waals surface area contributed by atoms with Crippen LogP contribution in [0.2, 0.25) is 0 Å². The van der Waals surface area contributed by atoms with E-state index in [9.17, 15) is 15.2 Å². The SMILES string of the molecule is Cc1cc([N+](=O)[O-])cnc1NCCCC1CCCCC1O. The minimum absolute atomic E-state index is 0.0170. The molecule has 1 heterocycles. The summed E-state index contributed by atoms with van der Waals surface area (Å²) in [6.45, 7) is 2.59. The first-order valence-electron chi connectivity index (χ1n) is 7.61. The second-order valence-electron chi connectivity index (χ2n) is 5.80. The van der Waals surface area contributed by atoms with E-state index in [-0.39, 0.29) is 11.8 Å². The van der Waals surface area contributed by atoms with Crippen LogP contribution in [0, 0.1) is 23.0 Å². The molecule has 1 aliphatic carbocycles. The van der Waals surface area contributed by atoms with Crippen molar-refractivity contribution in [2.45, 2.75) is 51.6 Å². The van der Waals surface area contributed by atoms with Crippen molar-refractivity contribution in [1.29, 1.82) is 0 Å². The Balaban J connectivity index is 1.77. The molecule has 0 aromatic carbocycles. The highest BCUT2D eigenvalue weighted by Gasteiger charge is 2.22. The van der Waals surface area contributed by atoms with Crippen LogP contribution in [-0.2, 0) is 0 Å². The van der Waals surface area contributed by atoms with E-state index >= 15 is 0 Å². The molecule has 6 heteroatoms. The van der Waals surface area contributed by atoms with Gasteiger partial charge in [-0.25, -0.2) is 4.98 Å². The summed E-state index contributed by atoms with van der Waals surface area (Å²) >= 11 is 0. The molecule has 0 bridgehead atoms. The van der Waals surface area contributed by atoms with Crippen molar-refractivity contribution in [3.63, 3.8) is 0 Å². The molecule has 0 radical (unpaired) electrons. The molecule has 116 valence electrons. The quantitative estimate of drug-likeness (QED) is 0.478. The number of aliphatic hydroxyl groups is 1. The third-order valence-electron chi connectivity index (χ3n) is 4.19. The van der Waals surface area contributed by atoms with E-state index in [2.05, 4.69) is 10.3 Å². The number of rotatable bonds is 6. The van der Waals surface area contributed by atoms with Crippen LogP contribution in [0.25, 0.3) is 0 Å². The molecular weight excluding hydrogens is 270 g/mol. The molecule has 6 nitrogen and oxygen atoms in total. The van der Waals surface area contributed by atoms with Gasteiger partial charge in [0.1, 0.15) is 12.0 Å². The normalized spacial score (nSPS) is 22.0. The molecule has 2 unspecified atom stereocenters. The third-order valence-corrected chi connectivity index (χ3v) is 4.19. The number of nitro groups is 1. The Bertz CT molecular complexity index is 493. The van der Waals surface area contributed by atoms with Crippen molar-refractivity contribution < 1.29 is 10.0 Å². The predicted octanol–water partition coefficient (Wildman–Crippen LogP) is 3.04. The highest BCUT2D eigenvalue weighted by molar-refractivity contribution is 5.48. The fraction of sp³-hybridized carbons (Fsp3) is 0.667. The fourth-order valence-electron chi connectivity index (χ4n) is 2.94. The molecule has 1 aromatic rings. The Kier molecular flexibility index (Phi) is 5.50. The highest BCUT2D eigenvalue weighted by atomic mass is 16.6. The van der Waals surface area contributed by atoms with Crippen LogP contribution in [0.5, 0.6) is 0 Å². The van der Waals surface area contributed by atoms with E-state index < -0.39 is 4.92 Å². The molecule has 1 aromatic heterocycles. The first-order chi connectivity index (χ1) is 10.1. The van der Waals surface area contributed by atoms with Crippen molar-refractivity contribution in [1.82, 2.24) is 4.98 Å². The lowest BCUT2D eigenvalue weighted by Crippen LogP contribution is -2.24. The van der Waals surface area contributed by atoms with E-state index in [0.29, 0.717) is 11.7 Å². The number of aromatic nitrogens is 1. The maximum atomic E-state index is 10.7. The summed E-state index contributed by atoms with van der Waals surface area (Å²) in [7, 11) is 0. The van der Waals surface area contributed by atoms with Gasteiger partial charge in [0.05, 0.1) is 11.0 Å². The van der Waals surface area contributed by atoms with Crippen LogP contribution < -0.4 is 5.32 Å². The van der Waals surface area contributed by atoms with Gasteiger partial charge in [-0.2, -0.15) is 0 Å². The molecule has 0 spiro atoms. The van der Waals surface area contributed by atoms with Crippen molar-refractivity contribution in [3.05, 3.63) is 27.9 Å². The monoisotopic (exact) mass is 293 g/mol. The summed E-state index contributed by atoms with van der Waals surface area (Å²) in [5.74, 6) is 1.12. The molecule has 2 atom stereocenters. The van der Waals surface area contributed by atoms with Crippen LogP contribution in [-0.4, -0.2) is 27.7 Å². The van der Waals surface area contributed by atoms with E-state index in [1.807, 2.05) is 6.92 Å². The van der Waals surface area contributed by atoms with Gasteiger partial charge in [0.2, 0.25) is 0 Å². The van der Waals surface area contributed by atoms with Crippen LogP contribution >= 0.6 is 0 Å². The highest BCUT2D eigenvalue weighted by Crippen LogP contribution is 2.28. The van der Waals surface area contributed by atoms with Gasteiger partial charge >= 0.3 is 0 Å². The standard InChI is InChI=1S/C15H23N3O3/c1-11-9-13(18(20)21)10-17-15(11)16-8-4-6-12-5-2-3-7-14(12)19/h9-10,12,14,19H,2-8H2,1H3,(H,16,17). The van der Waals surface area contributed by atoms with Gasteiger partial charge in [0, 0.05) is 12.6 Å². The summed E-state index contributed by atoms with van der Waals surface area (Å²) in [5.41, 5.74) is 0.797. The van der Waals surface area contributed by atoms with Gasteiger partial charge in [-0.1, -0.05) is 12.8 Å². The molecule has 1 saturated carbocycles. The number of hydrogen-bond acceptors (Lipinski definition) is 5. The minimum atomic E-state index is -0.436. The molecule has 21 heavy (non-hydrogen) atoms. The molecule has 0 amide bonds. The first-order valence-corrected chi connectivity index (χ1v) is 7.61. The Labute approximate surface area is 124 Å². The molecule has 0 saturated heterocycles. The molecule has 2 N–H and O–H groups in total. The molecule has 1 fully saturated rings. The summed E-state index contributed by atoms with van der Waals surface area (Å²) < 4.78 is 0. The average molecular weight is 293 g/mol. The zero-order valence-corrected chi connectivity index (χ0v) is 12.4. The topological polar surface area (TPSA) is 88.3 Å². The van der Waals surface area contributed by atoms with E-state index in [1.54, 1.807) is 0 Å². The molecule has 2 rings (SSSR count). The number of pyridine rings is 1. The minimum Gasteiger partial charge on any atom is -0.393 e. The number of aliphatic hydroxyl groups excluding tert-OH is 1. The Hall–Kier alpha value is -1.69. The smallest absolute Gasteiger partial charge is 0.287 e. The predicted molar refractivity (Wildman–Crippen MR) is 81.3 cm³/mol. The molecular formula is C15H23N3O3. The van der Waals surface area contributed by atoms with Gasteiger partial charge in [0.25, 0.3) is 5.69 Å². The number of hydrogen-bond donors (Lipinski definition) is 2. The second kappa shape index (κ2) is 7.36. The van der Waals surface area contributed by atoms with Crippen LogP contribution in [0.3, 0.4) is 0 Å². The number of anilines is 1. The first kappa shape index (κ1) is 15.7. The van der Waals surface area contributed by atoms with Crippen LogP contribution in [0.1, 0.15) is 44.1 Å². The van der Waals surface area contributed by atoms with E-state index in [1.165, 1.54) is 18.7 Å². The summed E-state index contributed by atoms with van der Waals surface area (Å²) in [4.78, 5) is 14.3. The van der Waals surface area contributed by atoms with Crippen molar-refractivity contribution in [2.24, 2.45) is 5.92 Å². The van der Waals surface area contributed by atoms with Gasteiger partial charge in [-0.05, 0) is 44.1 Å². The van der Waals surface area contributed by atoms with Gasteiger partial charge < -0.3 is 10.4 Å². The summed E-state index contributed by atoms with van der Waals surface area (Å²) in [5, 5.41) is 23.8. The lowest BCUT2D eigenvalue weighted by molar-refractivity contribution is -0.385. The van der Waals surface area contributed by atoms with Crippen molar-refractivity contribution in [2.75, 3.05) is 11.9 Å². The lowest BCUT2D eigenvalue weighted by atomic mass is 9.83. The summed E-state index contributed by atoms with van der Waals surface area (Å²) in [6, 6.07) is 1.53. The van der Waals surface area contributed by atoms with Crippen molar-refractivity contribution >= 4 is 11.5 Å². The maximum Gasteiger partial charge on any atom is 0.287 e. The number of nitrogens with one attached hydrogen (secondary N) is 1. The second-order valence-corrected chi connectivity index (χ2v) is 5.80. The lowest BCUT2D eigenvalue weighted by Gasteiger charge is -2.27. The third kappa shape index (κ3) is 4.39. The molecule has 0 aliphatic heterocycles. The van der Waals surface area contributed by atoms with Crippen LogP contribution in [0.4, 0.5) is 11.5 Å². The van der Waals surface area contributed by atoms with Gasteiger partial charge in [-0.3, -0.25) is 10.1 Å². The zero-order valence-electron chi connectivity index (χ0n) is 12.4. The summed E-state index contributed by atoms with van der Waals surface area (Å²) in [6.07, 6.45) is 7.54. The van der Waals surface area contributed by atoms with E-state index in [0.717, 1.165) is 44.2 Å². The number of nitrogens with zero attached hydrogens (tertiary/aromatic N) is 2. The van der Waals surface area contributed by atoms with Crippen LogP contribution in [0.15, 0.2) is 12.3 Å².